The van der Waals surface area contributed by atoms with Crippen LogP contribution in [0.15, 0.2) is 24.3 Å². The molecule has 1 aromatic carbocycles. The highest BCUT2D eigenvalue weighted by Crippen LogP contribution is 2.18. The van der Waals surface area contributed by atoms with Crippen LogP contribution in [0.4, 0.5) is 5.69 Å². The zero-order chi connectivity index (χ0) is 10.4. The third kappa shape index (κ3) is 2.34. The molecule has 14 heavy (non-hydrogen) atoms. The molecule has 0 aliphatic heterocycles. The van der Waals surface area contributed by atoms with E-state index in [9.17, 15) is 4.79 Å². The number of hydrogen-bond donors (Lipinski definition) is 0. The van der Waals surface area contributed by atoms with Crippen molar-refractivity contribution in [2.45, 2.75) is 20.3 Å². The second-order valence-electron chi connectivity index (χ2n) is 3.20. The van der Waals surface area contributed by atoms with Crippen LogP contribution >= 0.6 is 0 Å². The zero-order valence-electron chi connectivity index (χ0n) is 8.79. The Morgan fingerprint density at radius 1 is 1.29 bits per heavy atom. The summed E-state index contributed by atoms with van der Waals surface area (Å²) in [5.74, 6) is 0. The molecule has 0 saturated carbocycles. The molecule has 1 aromatic rings. The standard InChI is InChI=1S/C12H16NO/c1-3-9-13(4-2)12-8-6-5-7-11(12)10-14/h5-8H,3-4,9H2,1-2H3. The van der Waals surface area contributed by atoms with Crippen molar-refractivity contribution in [2.24, 2.45) is 0 Å². The predicted molar refractivity (Wildman–Crippen MR) is 59.4 cm³/mol. The summed E-state index contributed by atoms with van der Waals surface area (Å²) in [5.41, 5.74) is 1.65. The highest BCUT2D eigenvalue weighted by molar-refractivity contribution is 5.84. The molecule has 0 aliphatic rings. The van der Waals surface area contributed by atoms with E-state index in [2.05, 4.69) is 18.7 Å². The molecule has 1 rings (SSSR count). The summed E-state index contributed by atoms with van der Waals surface area (Å²) in [6.07, 6.45) is 3.06. The number of para-hydroxylation sites is 1. The van der Waals surface area contributed by atoms with E-state index >= 15 is 0 Å². The lowest BCUT2D eigenvalue weighted by Crippen LogP contribution is -2.24. The minimum absolute atomic E-state index is 0.655. The van der Waals surface area contributed by atoms with Crippen molar-refractivity contribution in [1.82, 2.24) is 0 Å². The van der Waals surface area contributed by atoms with Gasteiger partial charge in [0, 0.05) is 24.3 Å². The summed E-state index contributed by atoms with van der Waals surface area (Å²) < 4.78 is 0. The number of hydrogen-bond acceptors (Lipinski definition) is 2. The van der Waals surface area contributed by atoms with E-state index < -0.39 is 0 Å². The number of benzene rings is 1. The van der Waals surface area contributed by atoms with Gasteiger partial charge in [0.05, 0.1) is 0 Å². The van der Waals surface area contributed by atoms with Gasteiger partial charge in [-0.2, -0.15) is 0 Å². The van der Waals surface area contributed by atoms with Crippen LogP contribution in [0.25, 0.3) is 0 Å². The average molecular weight is 190 g/mol. The number of nitrogens with zero attached hydrogens (tertiary/aromatic N) is 1. The number of rotatable bonds is 5. The molecular formula is C12H16NO. The van der Waals surface area contributed by atoms with Gasteiger partial charge in [0.1, 0.15) is 0 Å². The first kappa shape index (κ1) is 10.8. The van der Waals surface area contributed by atoms with Gasteiger partial charge < -0.3 is 4.90 Å². The SMILES string of the molecule is CCCN(CC)c1ccccc1[C]=O. The Morgan fingerprint density at radius 3 is 2.57 bits per heavy atom. The third-order valence-corrected chi connectivity index (χ3v) is 2.23. The molecule has 2 nitrogen and oxygen atoms in total. The lowest BCUT2D eigenvalue weighted by Gasteiger charge is -2.23. The Kier molecular flexibility index (Phi) is 4.17. The van der Waals surface area contributed by atoms with E-state index in [1.807, 2.05) is 24.5 Å². The van der Waals surface area contributed by atoms with Crippen LogP contribution in [0, 0.1) is 0 Å². The van der Waals surface area contributed by atoms with Crippen molar-refractivity contribution in [2.75, 3.05) is 18.0 Å². The minimum Gasteiger partial charge on any atom is -0.371 e. The molecular weight excluding hydrogens is 174 g/mol. The molecule has 0 fully saturated rings. The Hall–Kier alpha value is -1.31. The zero-order valence-corrected chi connectivity index (χ0v) is 8.79. The third-order valence-electron chi connectivity index (χ3n) is 2.23. The largest absolute Gasteiger partial charge is 0.371 e. The van der Waals surface area contributed by atoms with Gasteiger partial charge in [-0.15, -0.1) is 0 Å². The Labute approximate surface area is 85.5 Å². The van der Waals surface area contributed by atoms with E-state index in [1.54, 1.807) is 6.07 Å². The van der Waals surface area contributed by atoms with Crippen LogP contribution < -0.4 is 4.90 Å². The fourth-order valence-corrected chi connectivity index (χ4v) is 1.55. The first-order chi connectivity index (χ1) is 6.83. The Morgan fingerprint density at radius 2 is 2.00 bits per heavy atom. The van der Waals surface area contributed by atoms with E-state index in [0.717, 1.165) is 25.2 Å². The van der Waals surface area contributed by atoms with Crippen LogP contribution in [-0.2, 0) is 4.79 Å². The monoisotopic (exact) mass is 190 g/mol. The first-order valence-electron chi connectivity index (χ1n) is 5.05. The van der Waals surface area contributed by atoms with E-state index in [4.69, 9.17) is 0 Å². The van der Waals surface area contributed by atoms with Gasteiger partial charge in [0.15, 0.2) is 0 Å². The van der Waals surface area contributed by atoms with Crippen molar-refractivity contribution in [1.29, 1.82) is 0 Å². The van der Waals surface area contributed by atoms with Gasteiger partial charge in [0.25, 0.3) is 0 Å². The molecule has 0 amide bonds. The van der Waals surface area contributed by atoms with Gasteiger partial charge >= 0.3 is 0 Å². The minimum atomic E-state index is 0.655. The quantitative estimate of drug-likeness (QED) is 0.710. The summed E-state index contributed by atoms with van der Waals surface area (Å²) in [4.78, 5) is 12.9. The van der Waals surface area contributed by atoms with Crippen molar-refractivity contribution in [3.63, 3.8) is 0 Å². The van der Waals surface area contributed by atoms with Crippen LogP contribution in [-0.4, -0.2) is 19.4 Å². The lowest BCUT2D eigenvalue weighted by molar-refractivity contribution is 0.562. The Bertz CT molecular complexity index is 296. The van der Waals surface area contributed by atoms with Crippen molar-refractivity contribution in [3.05, 3.63) is 29.8 Å². The molecule has 0 saturated heterocycles. The van der Waals surface area contributed by atoms with E-state index in [1.165, 1.54) is 0 Å². The molecule has 0 aromatic heterocycles. The highest BCUT2D eigenvalue weighted by atomic mass is 16.1. The summed E-state index contributed by atoms with van der Waals surface area (Å²) in [6, 6.07) is 7.60. The van der Waals surface area contributed by atoms with Crippen molar-refractivity contribution in [3.8, 4) is 0 Å². The molecule has 0 bridgehead atoms. The van der Waals surface area contributed by atoms with E-state index in [-0.39, 0.29) is 0 Å². The smallest absolute Gasteiger partial charge is 0.235 e. The average Bonchev–Trinajstić information content (AvgIpc) is 2.26. The van der Waals surface area contributed by atoms with Crippen LogP contribution in [0.2, 0.25) is 0 Å². The van der Waals surface area contributed by atoms with Crippen LogP contribution in [0.1, 0.15) is 25.8 Å². The maximum absolute atomic E-state index is 10.7. The molecule has 1 radical (unpaired) electrons. The fraction of sp³-hybridized carbons (Fsp3) is 0.417. The van der Waals surface area contributed by atoms with Crippen molar-refractivity contribution >= 4 is 12.0 Å². The van der Waals surface area contributed by atoms with Crippen LogP contribution in [0.5, 0.6) is 0 Å². The second-order valence-corrected chi connectivity index (χ2v) is 3.20. The van der Waals surface area contributed by atoms with Gasteiger partial charge in [0.2, 0.25) is 6.29 Å². The molecule has 75 valence electrons. The topological polar surface area (TPSA) is 20.3 Å². The van der Waals surface area contributed by atoms with Gasteiger partial charge in [-0.25, -0.2) is 0 Å². The predicted octanol–water partition coefficient (Wildman–Crippen LogP) is 2.38. The molecule has 2 heteroatoms. The van der Waals surface area contributed by atoms with Gasteiger partial charge in [-0.05, 0) is 25.5 Å². The van der Waals surface area contributed by atoms with Crippen LogP contribution in [0.3, 0.4) is 0 Å². The Balaban J connectivity index is 2.95. The molecule has 0 unspecified atom stereocenters. The summed E-state index contributed by atoms with van der Waals surface area (Å²) in [7, 11) is 0. The maximum atomic E-state index is 10.7. The molecule has 0 spiro atoms. The molecule has 0 N–H and O–H groups in total. The van der Waals surface area contributed by atoms with Gasteiger partial charge in [-0.3, -0.25) is 4.79 Å². The normalized spacial score (nSPS) is 9.86. The maximum Gasteiger partial charge on any atom is 0.235 e. The molecule has 0 heterocycles. The van der Waals surface area contributed by atoms with Gasteiger partial charge in [-0.1, -0.05) is 19.1 Å². The summed E-state index contributed by atoms with van der Waals surface area (Å²) in [5, 5.41) is 0. The molecule has 0 atom stereocenters. The lowest BCUT2D eigenvalue weighted by atomic mass is 10.1. The fourth-order valence-electron chi connectivity index (χ4n) is 1.55. The van der Waals surface area contributed by atoms with E-state index in [0.29, 0.717) is 5.56 Å². The number of anilines is 1. The highest BCUT2D eigenvalue weighted by Gasteiger charge is 2.07. The summed E-state index contributed by atoms with van der Waals surface area (Å²) >= 11 is 0. The second kappa shape index (κ2) is 5.43. The molecule has 0 aliphatic carbocycles. The van der Waals surface area contributed by atoms with Crippen molar-refractivity contribution < 1.29 is 4.79 Å². The number of carbonyl (C=O) groups excluding carboxylic acids is 1. The first-order valence-corrected chi connectivity index (χ1v) is 5.05. The summed E-state index contributed by atoms with van der Waals surface area (Å²) in [6.45, 7) is 6.13.